The lowest BCUT2D eigenvalue weighted by Crippen LogP contribution is -2.47. The van der Waals surface area contributed by atoms with E-state index in [4.69, 9.17) is 26.9 Å². The number of likely N-dealkylation sites (tertiary alicyclic amines) is 1. The van der Waals surface area contributed by atoms with Crippen molar-refractivity contribution in [2.24, 2.45) is 11.8 Å². The highest BCUT2D eigenvalue weighted by Gasteiger charge is 2.50. The molecule has 238 valence electrons. The number of aromatic carboxylic acids is 1. The second-order valence-corrected chi connectivity index (χ2v) is 12.5. The van der Waals surface area contributed by atoms with E-state index in [0.717, 1.165) is 29.6 Å². The van der Waals surface area contributed by atoms with Crippen LogP contribution in [0.2, 0.25) is 5.02 Å². The van der Waals surface area contributed by atoms with Crippen molar-refractivity contribution in [3.05, 3.63) is 70.1 Å². The Kier molecular flexibility index (Phi) is 8.59. The van der Waals surface area contributed by atoms with Crippen molar-refractivity contribution in [1.82, 2.24) is 15.2 Å². The number of benzene rings is 2. The lowest BCUT2D eigenvalue weighted by atomic mass is 10.0. The van der Waals surface area contributed by atoms with Crippen LogP contribution in [0.3, 0.4) is 0 Å². The van der Waals surface area contributed by atoms with Crippen LogP contribution in [0.4, 0.5) is 21.5 Å². The maximum Gasteiger partial charge on any atom is 0.357 e. The lowest BCUT2D eigenvalue weighted by molar-refractivity contribution is -0.127. The van der Waals surface area contributed by atoms with E-state index in [1.807, 2.05) is 11.8 Å². The van der Waals surface area contributed by atoms with Crippen molar-refractivity contribution in [3.63, 3.8) is 0 Å². The summed E-state index contributed by atoms with van der Waals surface area (Å²) in [6, 6.07) is 8.14. The fourth-order valence-electron chi connectivity index (χ4n) is 6.59. The second kappa shape index (κ2) is 12.6. The summed E-state index contributed by atoms with van der Waals surface area (Å²) >= 11 is 6.55. The molecule has 45 heavy (non-hydrogen) atoms. The zero-order valence-electron chi connectivity index (χ0n) is 25.0. The molecule has 2 aromatic carbocycles. The van der Waals surface area contributed by atoms with Gasteiger partial charge in [-0.05, 0) is 61.4 Å². The van der Waals surface area contributed by atoms with Gasteiger partial charge in [-0.1, -0.05) is 17.7 Å². The van der Waals surface area contributed by atoms with E-state index in [1.165, 1.54) is 6.07 Å². The van der Waals surface area contributed by atoms with Crippen molar-refractivity contribution in [2.75, 3.05) is 61.3 Å². The van der Waals surface area contributed by atoms with Crippen LogP contribution in [-0.2, 0) is 4.79 Å². The minimum absolute atomic E-state index is 0.0489. The molecule has 0 spiro atoms. The lowest BCUT2D eigenvalue weighted by Gasteiger charge is -2.38. The summed E-state index contributed by atoms with van der Waals surface area (Å²) in [6.07, 6.45) is 3.01. The third-order valence-corrected chi connectivity index (χ3v) is 9.44. The van der Waals surface area contributed by atoms with Gasteiger partial charge in [0.1, 0.15) is 12.1 Å². The number of halogens is 2. The van der Waals surface area contributed by atoms with E-state index in [-0.39, 0.29) is 41.1 Å². The Morgan fingerprint density at radius 1 is 1.16 bits per heavy atom. The van der Waals surface area contributed by atoms with Crippen molar-refractivity contribution in [2.45, 2.75) is 32.1 Å². The van der Waals surface area contributed by atoms with Crippen molar-refractivity contribution in [3.8, 4) is 0 Å². The maximum atomic E-state index is 13.8. The second-order valence-electron chi connectivity index (χ2n) is 12.1. The molecule has 2 aliphatic heterocycles. The van der Waals surface area contributed by atoms with E-state index >= 15 is 0 Å². The van der Waals surface area contributed by atoms with E-state index in [2.05, 4.69) is 20.1 Å². The standard InChI is InChI=1S/C32H36ClFN6O5/c1-18-3-4-20(34)12-27(18)38-7-9-39(10-8-38)28-15-24(33)23(14-25(28)35)30(42)36-5-2-6-40-16-19(11-29(40)41)21-13-22(21)31-37-26(17-45-31)32(43)44/h3-4,12,14-15,17,19,21-22H,2,5-11,13,16,35H2,1H3,(H,36,42)(H,43,44). The number of amides is 2. The van der Waals surface area contributed by atoms with Crippen LogP contribution in [0.15, 0.2) is 41.0 Å². The summed E-state index contributed by atoms with van der Waals surface area (Å²) in [4.78, 5) is 46.8. The number of piperazine rings is 1. The minimum atomic E-state index is -1.12. The van der Waals surface area contributed by atoms with Gasteiger partial charge < -0.3 is 35.3 Å². The van der Waals surface area contributed by atoms with Gasteiger partial charge in [0.05, 0.1) is 22.0 Å². The van der Waals surface area contributed by atoms with Crippen LogP contribution in [0.5, 0.6) is 0 Å². The monoisotopic (exact) mass is 638 g/mol. The predicted molar refractivity (Wildman–Crippen MR) is 167 cm³/mol. The van der Waals surface area contributed by atoms with E-state index in [1.54, 1.807) is 24.3 Å². The number of carboxylic acid groups (broad SMARTS) is 1. The number of anilines is 3. The molecule has 0 radical (unpaired) electrons. The number of nitrogens with one attached hydrogen (secondary N) is 1. The number of hydrogen-bond donors (Lipinski definition) is 3. The Morgan fingerprint density at radius 2 is 1.89 bits per heavy atom. The molecule has 3 atom stereocenters. The molecule has 1 aliphatic carbocycles. The number of carbonyl (C=O) groups excluding carboxylic acids is 2. The number of carbonyl (C=O) groups is 3. The zero-order chi connectivity index (χ0) is 31.8. The van der Waals surface area contributed by atoms with Gasteiger partial charge in [-0.15, -0.1) is 0 Å². The minimum Gasteiger partial charge on any atom is -0.476 e. The van der Waals surface area contributed by atoms with Gasteiger partial charge in [-0.25, -0.2) is 14.2 Å². The summed E-state index contributed by atoms with van der Waals surface area (Å²) in [6.45, 7) is 6.21. The van der Waals surface area contributed by atoms with Crippen molar-refractivity contribution < 1.29 is 28.3 Å². The molecule has 2 amide bonds. The molecule has 1 saturated carbocycles. The SMILES string of the molecule is Cc1ccc(F)cc1N1CCN(c2cc(Cl)c(C(=O)NCCCN3CC(C4CC4c4nc(C(=O)O)co4)CC3=O)cc2N)CC1. The average Bonchev–Trinajstić information content (AvgIpc) is 3.49. The summed E-state index contributed by atoms with van der Waals surface area (Å²) < 4.78 is 19.2. The number of nitrogens with two attached hydrogens (primary N) is 1. The molecule has 3 unspecified atom stereocenters. The molecule has 3 heterocycles. The molecule has 13 heteroatoms. The summed E-state index contributed by atoms with van der Waals surface area (Å²) in [5.41, 5.74) is 9.70. The summed E-state index contributed by atoms with van der Waals surface area (Å²) in [5, 5.41) is 12.3. The number of aryl methyl sites for hydroxylation is 1. The van der Waals surface area contributed by atoms with Gasteiger partial charge in [-0.3, -0.25) is 9.59 Å². The van der Waals surface area contributed by atoms with Crippen molar-refractivity contribution >= 4 is 46.4 Å². The smallest absolute Gasteiger partial charge is 0.357 e. The van der Waals surface area contributed by atoms with Crippen LogP contribution >= 0.6 is 11.6 Å². The Balaban J connectivity index is 0.960. The number of oxazole rings is 1. The molecule has 3 aromatic rings. The highest BCUT2D eigenvalue weighted by atomic mass is 35.5. The first-order valence-electron chi connectivity index (χ1n) is 15.2. The molecule has 0 bridgehead atoms. The average molecular weight is 639 g/mol. The van der Waals surface area contributed by atoms with Gasteiger partial charge in [0.2, 0.25) is 5.91 Å². The molecule has 4 N–H and O–H groups in total. The van der Waals surface area contributed by atoms with E-state index in [9.17, 15) is 18.8 Å². The molecule has 11 nitrogen and oxygen atoms in total. The molecule has 3 fully saturated rings. The van der Waals surface area contributed by atoms with Gasteiger partial charge >= 0.3 is 5.97 Å². The van der Waals surface area contributed by atoms with Gasteiger partial charge in [0.15, 0.2) is 11.6 Å². The highest BCUT2D eigenvalue weighted by Crippen LogP contribution is 2.53. The summed E-state index contributed by atoms with van der Waals surface area (Å²) in [5.74, 6) is -0.737. The van der Waals surface area contributed by atoms with Crippen LogP contribution in [0.25, 0.3) is 0 Å². The highest BCUT2D eigenvalue weighted by molar-refractivity contribution is 6.34. The third kappa shape index (κ3) is 6.56. The number of hydrogen-bond acceptors (Lipinski definition) is 8. The van der Waals surface area contributed by atoms with Gasteiger partial charge in [0.25, 0.3) is 5.91 Å². The number of carboxylic acids is 1. The Bertz CT molecular complexity index is 1620. The van der Waals surface area contributed by atoms with Crippen LogP contribution in [-0.4, -0.2) is 78.6 Å². The van der Waals surface area contributed by atoms with Crippen molar-refractivity contribution in [1.29, 1.82) is 0 Å². The molecular weight excluding hydrogens is 603 g/mol. The molecular formula is C32H36ClFN6O5. The summed E-state index contributed by atoms with van der Waals surface area (Å²) in [7, 11) is 0. The number of aromatic nitrogens is 1. The van der Waals surface area contributed by atoms with Gasteiger partial charge in [-0.2, -0.15) is 0 Å². The largest absolute Gasteiger partial charge is 0.476 e. The van der Waals surface area contributed by atoms with E-state index < -0.39 is 5.97 Å². The number of nitrogens with zero attached hydrogens (tertiary/aromatic N) is 4. The Labute approximate surface area is 265 Å². The fourth-order valence-corrected chi connectivity index (χ4v) is 6.83. The van der Waals surface area contributed by atoms with E-state index in [0.29, 0.717) is 80.8 Å². The molecule has 1 aromatic heterocycles. The third-order valence-electron chi connectivity index (χ3n) is 9.13. The number of rotatable bonds is 10. The topological polar surface area (TPSA) is 145 Å². The first-order chi connectivity index (χ1) is 21.6. The molecule has 6 rings (SSSR count). The first kappa shape index (κ1) is 30.7. The Hall–Kier alpha value is -4.32. The van der Waals surface area contributed by atoms with Crippen LogP contribution < -0.4 is 20.9 Å². The number of nitrogen functional groups attached to an aromatic ring is 1. The molecule has 3 aliphatic rings. The Morgan fingerprint density at radius 3 is 2.60 bits per heavy atom. The zero-order valence-corrected chi connectivity index (χ0v) is 25.7. The quantitative estimate of drug-likeness (QED) is 0.220. The van der Waals surface area contributed by atoms with Crippen LogP contribution in [0, 0.1) is 24.6 Å². The fraction of sp³-hybridized carbons (Fsp3) is 0.438. The predicted octanol–water partition coefficient (Wildman–Crippen LogP) is 4.15. The normalized spacial score (nSPS) is 21.4. The molecule has 2 saturated heterocycles. The van der Waals surface area contributed by atoms with Crippen LogP contribution in [0.1, 0.15) is 57.5 Å². The maximum absolute atomic E-state index is 13.8. The van der Waals surface area contributed by atoms with Gasteiger partial charge in [0, 0.05) is 63.8 Å². The first-order valence-corrected chi connectivity index (χ1v) is 15.6.